The molecule has 0 fully saturated rings. The number of hydrogen-bond donors (Lipinski definition) is 0. The van der Waals surface area contributed by atoms with Crippen molar-refractivity contribution in [2.75, 3.05) is 0 Å². The van der Waals surface area contributed by atoms with Gasteiger partial charge in [0, 0.05) is 0 Å². The van der Waals surface area contributed by atoms with Crippen LogP contribution < -0.4 is 0 Å². The Morgan fingerprint density at radius 1 is 0.786 bits per heavy atom. The molecule has 0 aliphatic rings. The van der Waals surface area contributed by atoms with Crippen molar-refractivity contribution < 1.29 is 9.53 Å². The van der Waals surface area contributed by atoms with Crippen LogP contribution in [-0.2, 0) is 11.3 Å². The largest absolute Gasteiger partial charge is 0.457 e. The highest BCUT2D eigenvalue weighted by molar-refractivity contribution is 6.23. The summed E-state index contributed by atoms with van der Waals surface area (Å²) in [6, 6.07) is 25.5. The number of rotatable bonds is 3. The zero-order valence-corrected chi connectivity index (χ0v) is 15.0. The molecule has 0 spiro atoms. The van der Waals surface area contributed by atoms with Gasteiger partial charge >= 0.3 is 5.97 Å². The molecule has 0 N–H and O–H groups in total. The van der Waals surface area contributed by atoms with Crippen LogP contribution in [0.4, 0.5) is 5.69 Å². The van der Waals surface area contributed by atoms with E-state index in [1.54, 1.807) is 24.3 Å². The van der Waals surface area contributed by atoms with Gasteiger partial charge in [-0.15, -0.1) is 0 Å². The molecule has 0 bridgehead atoms. The Bertz CT molecular complexity index is 1360. The third-order valence-electron chi connectivity index (χ3n) is 5.21. The average molecular weight is 361 g/mol. The Hall–Kier alpha value is -3.90. The summed E-state index contributed by atoms with van der Waals surface area (Å²) in [5.41, 5.74) is 1.94. The molecule has 0 saturated carbocycles. The number of benzene rings is 5. The van der Waals surface area contributed by atoms with E-state index in [-0.39, 0.29) is 12.6 Å². The number of hydrogen-bond acceptors (Lipinski definition) is 2. The molecular formula is C25H15NO2. The summed E-state index contributed by atoms with van der Waals surface area (Å²) < 4.78 is 5.56. The van der Waals surface area contributed by atoms with Gasteiger partial charge in [-0.2, -0.15) is 0 Å². The third kappa shape index (κ3) is 2.55. The zero-order chi connectivity index (χ0) is 19.1. The highest BCUT2D eigenvalue weighted by Gasteiger charge is 2.13. The molecule has 0 heterocycles. The highest BCUT2D eigenvalue weighted by Crippen LogP contribution is 2.36. The fourth-order valence-corrected chi connectivity index (χ4v) is 3.82. The molecule has 3 nitrogen and oxygen atoms in total. The van der Waals surface area contributed by atoms with E-state index >= 15 is 0 Å². The van der Waals surface area contributed by atoms with Gasteiger partial charge in [0.05, 0.1) is 12.1 Å². The quantitative estimate of drug-likeness (QED) is 0.209. The van der Waals surface area contributed by atoms with E-state index in [0.717, 1.165) is 10.9 Å². The number of carbonyl (C=O) groups excluding carboxylic acids is 1. The number of carbonyl (C=O) groups is 1. The van der Waals surface area contributed by atoms with Crippen LogP contribution in [0.2, 0.25) is 0 Å². The van der Waals surface area contributed by atoms with E-state index in [1.165, 1.54) is 26.9 Å². The van der Waals surface area contributed by atoms with Gasteiger partial charge in [-0.1, -0.05) is 78.9 Å². The Morgan fingerprint density at radius 2 is 1.43 bits per heavy atom. The molecule has 0 radical (unpaired) electrons. The van der Waals surface area contributed by atoms with Crippen molar-refractivity contribution in [1.29, 1.82) is 0 Å². The minimum absolute atomic E-state index is 0.206. The predicted octanol–water partition coefficient (Wildman–Crippen LogP) is 6.49. The SMILES string of the molecule is [C-]#[N+]c1ccc(C(=O)OCc2ccc3ccc4cccc5ccc2c3c45)cc1. The second-order valence-corrected chi connectivity index (χ2v) is 6.82. The van der Waals surface area contributed by atoms with Crippen LogP contribution in [0, 0.1) is 6.57 Å². The molecule has 132 valence electrons. The van der Waals surface area contributed by atoms with Crippen LogP contribution in [0.3, 0.4) is 0 Å². The van der Waals surface area contributed by atoms with Crippen LogP contribution in [0.25, 0.3) is 37.2 Å². The summed E-state index contributed by atoms with van der Waals surface area (Å²) in [6.45, 7) is 7.20. The van der Waals surface area contributed by atoms with Crippen molar-refractivity contribution in [3.05, 3.63) is 101 Å². The Balaban J connectivity index is 1.52. The highest BCUT2D eigenvalue weighted by atomic mass is 16.5. The maximum atomic E-state index is 12.4. The molecule has 0 aliphatic heterocycles. The van der Waals surface area contributed by atoms with E-state index in [4.69, 9.17) is 11.3 Å². The first-order valence-electron chi connectivity index (χ1n) is 9.05. The lowest BCUT2D eigenvalue weighted by atomic mass is 9.92. The van der Waals surface area contributed by atoms with Crippen LogP contribution >= 0.6 is 0 Å². The van der Waals surface area contributed by atoms with Gasteiger partial charge in [-0.25, -0.2) is 9.64 Å². The van der Waals surface area contributed by atoms with Gasteiger partial charge in [-0.3, -0.25) is 0 Å². The molecule has 5 rings (SSSR count). The van der Waals surface area contributed by atoms with Crippen molar-refractivity contribution in [3.63, 3.8) is 0 Å². The summed E-state index contributed by atoms with van der Waals surface area (Å²) in [5.74, 6) is -0.387. The molecule has 0 amide bonds. The van der Waals surface area contributed by atoms with Gasteiger partial charge < -0.3 is 4.74 Å². The second-order valence-electron chi connectivity index (χ2n) is 6.82. The van der Waals surface area contributed by atoms with E-state index in [1.807, 2.05) is 6.07 Å². The maximum absolute atomic E-state index is 12.4. The average Bonchev–Trinajstić information content (AvgIpc) is 2.76. The van der Waals surface area contributed by atoms with Crippen LogP contribution in [0.5, 0.6) is 0 Å². The van der Waals surface area contributed by atoms with Gasteiger partial charge in [0.15, 0.2) is 5.69 Å². The summed E-state index contributed by atoms with van der Waals surface area (Å²) in [5, 5.41) is 7.18. The fourth-order valence-electron chi connectivity index (χ4n) is 3.82. The summed E-state index contributed by atoms with van der Waals surface area (Å²) >= 11 is 0. The van der Waals surface area contributed by atoms with Crippen molar-refractivity contribution in [3.8, 4) is 0 Å². The number of esters is 1. The molecule has 0 saturated heterocycles. The standard InChI is InChI=1S/C25H15NO2/c1-26-21-12-9-19(10-13-21)25(27)28-15-20-8-7-18-6-5-16-3-2-4-17-11-14-22(20)24(18)23(16)17/h2-14H,15H2. The minimum Gasteiger partial charge on any atom is -0.457 e. The lowest BCUT2D eigenvalue weighted by Gasteiger charge is -2.14. The van der Waals surface area contributed by atoms with E-state index < -0.39 is 0 Å². The van der Waals surface area contributed by atoms with E-state index in [2.05, 4.69) is 53.4 Å². The maximum Gasteiger partial charge on any atom is 0.338 e. The second kappa shape index (κ2) is 6.37. The first-order valence-corrected chi connectivity index (χ1v) is 9.05. The van der Waals surface area contributed by atoms with Gasteiger partial charge in [0.25, 0.3) is 0 Å². The van der Waals surface area contributed by atoms with Crippen molar-refractivity contribution in [1.82, 2.24) is 0 Å². The van der Waals surface area contributed by atoms with Crippen LogP contribution in [-0.4, -0.2) is 5.97 Å². The summed E-state index contributed by atoms with van der Waals surface area (Å²) in [6.07, 6.45) is 0. The molecule has 5 aromatic carbocycles. The lowest BCUT2D eigenvalue weighted by Crippen LogP contribution is -2.05. The fraction of sp³-hybridized carbons (Fsp3) is 0.0400. The van der Waals surface area contributed by atoms with Gasteiger partial charge in [0.1, 0.15) is 6.61 Å². The number of nitrogens with zero attached hydrogens (tertiary/aromatic N) is 1. The van der Waals surface area contributed by atoms with E-state index in [9.17, 15) is 4.79 Å². The van der Waals surface area contributed by atoms with Crippen molar-refractivity contribution in [2.24, 2.45) is 0 Å². The molecular weight excluding hydrogens is 346 g/mol. The van der Waals surface area contributed by atoms with Crippen molar-refractivity contribution in [2.45, 2.75) is 6.61 Å². The molecule has 0 aromatic heterocycles. The molecule has 3 heteroatoms. The monoisotopic (exact) mass is 361 g/mol. The van der Waals surface area contributed by atoms with Crippen LogP contribution in [0.15, 0.2) is 78.9 Å². The summed E-state index contributed by atoms with van der Waals surface area (Å²) in [7, 11) is 0. The molecule has 5 aromatic rings. The van der Waals surface area contributed by atoms with Gasteiger partial charge in [-0.05, 0) is 37.9 Å². The Kier molecular flexibility index (Phi) is 3.70. The smallest absolute Gasteiger partial charge is 0.338 e. The molecule has 28 heavy (non-hydrogen) atoms. The molecule has 0 aliphatic carbocycles. The normalized spacial score (nSPS) is 11.1. The van der Waals surface area contributed by atoms with Crippen molar-refractivity contribution >= 4 is 44.0 Å². The first kappa shape index (κ1) is 16.3. The first-order chi connectivity index (χ1) is 13.7. The Morgan fingerprint density at radius 3 is 2.14 bits per heavy atom. The van der Waals surface area contributed by atoms with E-state index in [0.29, 0.717) is 11.3 Å². The Labute approximate surface area is 161 Å². The molecule has 0 unspecified atom stereocenters. The lowest BCUT2D eigenvalue weighted by molar-refractivity contribution is 0.0474. The minimum atomic E-state index is -0.387. The number of ether oxygens (including phenoxy) is 1. The molecule has 0 atom stereocenters. The third-order valence-corrected chi connectivity index (χ3v) is 5.21. The summed E-state index contributed by atoms with van der Waals surface area (Å²) in [4.78, 5) is 15.7. The zero-order valence-electron chi connectivity index (χ0n) is 15.0. The topological polar surface area (TPSA) is 30.7 Å². The van der Waals surface area contributed by atoms with Crippen LogP contribution in [0.1, 0.15) is 15.9 Å². The predicted molar refractivity (Wildman–Crippen MR) is 112 cm³/mol. The van der Waals surface area contributed by atoms with Gasteiger partial charge in [0.2, 0.25) is 0 Å².